The third-order valence-electron chi connectivity index (χ3n) is 7.73. The van der Waals surface area contributed by atoms with Gasteiger partial charge in [-0.15, -0.1) is 0 Å². The van der Waals surface area contributed by atoms with Crippen LogP contribution in [0.15, 0.2) is 41.3 Å². The maximum absolute atomic E-state index is 12.8. The number of hydrogen-bond acceptors (Lipinski definition) is 11. The Kier molecular flexibility index (Phi) is 17.9. The molecule has 3 rings (SSSR count). The minimum Gasteiger partial charge on any atom is -0.382 e. The number of benzene rings is 2. The van der Waals surface area contributed by atoms with E-state index in [1.54, 1.807) is 18.2 Å². The number of Topliss-reactive ketones (excluding diaryl/α,β-unsaturated/α-hetero) is 1. The van der Waals surface area contributed by atoms with Gasteiger partial charge >= 0.3 is 0 Å². The molecule has 0 bridgehead atoms. The molecule has 2 aromatic carbocycles. The number of hydrogen-bond donors (Lipinski definition) is 4. The maximum atomic E-state index is 12.8. The lowest BCUT2D eigenvalue weighted by Crippen LogP contribution is -2.46. The van der Waals surface area contributed by atoms with Gasteiger partial charge in [0.1, 0.15) is 6.10 Å². The average molecular weight is 749 g/mol. The van der Waals surface area contributed by atoms with Crippen molar-refractivity contribution in [2.24, 2.45) is 0 Å². The molecule has 1 amide bonds. The van der Waals surface area contributed by atoms with Crippen LogP contribution in [-0.4, -0.2) is 127 Å². The average Bonchev–Trinajstić information content (AvgIpc) is 3.08. The zero-order valence-corrected chi connectivity index (χ0v) is 30.2. The summed E-state index contributed by atoms with van der Waals surface area (Å²) in [5.74, 6) is -1.49. The van der Waals surface area contributed by atoms with Gasteiger partial charge in [0, 0.05) is 61.8 Å². The second-order valence-electron chi connectivity index (χ2n) is 11.5. The van der Waals surface area contributed by atoms with Crippen LogP contribution in [0.5, 0.6) is 0 Å². The molecule has 0 saturated heterocycles. The van der Waals surface area contributed by atoms with Crippen LogP contribution in [0, 0.1) is 0 Å². The van der Waals surface area contributed by atoms with Gasteiger partial charge in [0.2, 0.25) is 10.0 Å². The first kappa shape index (κ1) is 41.2. The second kappa shape index (κ2) is 21.2. The molecule has 13 nitrogen and oxygen atoms in total. The fourth-order valence-electron chi connectivity index (χ4n) is 5.19. The van der Waals surface area contributed by atoms with Gasteiger partial charge in [0.05, 0.1) is 44.5 Å². The van der Waals surface area contributed by atoms with Crippen LogP contribution in [-0.2, 0) is 45.1 Å². The molecule has 1 heterocycles. The first-order valence-electron chi connectivity index (χ1n) is 16.2. The van der Waals surface area contributed by atoms with Crippen molar-refractivity contribution in [2.75, 3.05) is 79.5 Å². The molecular weight excluding hydrogens is 701 g/mol. The number of fused-ring (bicyclic) bond motifs is 1. The lowest BCUT2D eigenvalue weighted by Gasteiger charge is -2.33. The van der Waals surface area contributed by atoms with Crippen molar-refractivity contribution in [1.29, 1.82) is 0 Å². The van der Waals surface area contributed by atoms with Crippen molar-refractivity contribution < 1.29 is 47.2 Å². The number of rotatable bonds is 23. The number of ketones is 1. The molecule has 4 N–H and O–H groups in total. The standard InChI is InChI=1S/C33H47Cl2N3O10S/c1-3-45-12-4-5-30(39)31(40)32(41)33(42)36-10-13-46-15-17-48-18-16-47-14-11-37-49(43,44)25-8-6-23(7-9-25)27-21-38(2)22-28-26(27)19-24(34)20-29(28)35/h6-9,19-20,27,31-32,37,40-41H,3-5,10-18,21-22H2,1-2H3,(H,36,42)/t27-,31+,32-/m0/s1. The minimum absolute atomic E-state index is 0.00285. The van der Waals surface area contributed by atoms with Crippen LogP contribution in [0.2, 0.25) is 10.0 Å². The molecule has 274 valence electrons. The molecule has 0 unspecified atom stereocenters. The van der Waals surface area contributed by atoms with Crippen molar-refractivity contribution in [3.05, 3.63) is 63.1 Å². The van der Waals surface area contributed by atoms with E-state index in [0.717, 1.165) is 23.2 Å². The lowest BCUT2D eigenvalue weighted by molar-refractivity contribution is -0.145. The summed E-state index contributed by atoms with van der Waals surface area (Å²) in [6.45, 7) is 5.64. The van der Waals surface area contributed by atoms with Gasteiger partial charge in [-0.3, -0.25) is 9.59 Å². The Morgan fingerprint density at radius 2 is 1.55 bits per heavy atom. The van der Waals surface area contributed by atoms with Crippen molar-refractivity contribution in [3.8, 4) is 0 Å². The molecular formula is C33H47Cl2N3O10S. The molecule has 3 atom stereocenters. The van der Waals surface area contributed by atoms with Crippen molar-refractivity contribution >= 4 is 44.9 Å². The Morgan fingerprint density at radius 1 is 0.918 bits per heavy atom. The highest BCUT2D eigenvalue weighted by atomic mass is 35.5. The predicted octanol–water partition coefficient (Wildman–Crippen LogP) is 2.12. The van der Waals surface area contributed by atoms with E-state index in [4.69, 9.17) is 42.1 Å². The molecule has 0 radical (unpaired) electrons. The molecule has 0 fully saturated rings. The van der Waals surface area contributed by atoms with E-state index in [1.807, 2.05) is 32.2 Å². The summed E-state index contributed by atoms with van der Waals surface area (Å²) in [7, 11) is -1.71. The van der Waals surface area contributed by atoms with E-state index in [-0.39, 0.29) is 70.0 Å². The van der Waals surface area contributed by atoms with E-state index in [1.165, 1.54) is 0 Å². The number of nitrogens with one attached hydrogen (secondary N) is 2. The number of carbonyl (C=O) groups excluding carboxylic acids is 2. The number of sulfonamides is 1. The highest BCUT2D eigenvalue weighted by Crippen LogP contribution is 2.38. The number of carbonyl (C=O) groups is 2. The molecule has 1 aliphatic rings. The fraction of sp³-hybridized carbons (Fsp3) is 0.576. The van der Waals surface area contributed by atoms with Gasteiger partial charge in [0.15, 0.2) is 11.9 Å². The summed E-state index contributed by atoms with van der Waals surface area (Å²) >= 11 is 12.7. The van der Waals surface area contributed by atoms with E-state index < -0.39 is 33.9 Å². The normalized spacial score (nSPS) is 16.2. The molecule has 0 aliphatic carbocycles. The number of halogens is 2. The third-order valence-corrected chi connectivity index (χ3v) is 9.76. The number of ether oxygens (including phenoxy) is 4. The molecule has 0 aromatic heterocycles. The largest absolute Gasteiger partial charge is 0.382 e. The SMILES string of the molecule is CCOCCCC(=O)[C@@H](O)[C@H](O)C(=O)NCCOCCOCCOCCNS(=O)(=O)c1ccc([C@@H]2CN(C)Cc3c(Cl)cc(Cl)cc32)cc1. The Labute approximate surface area is 298 Å². The number of amides is 1. The monoisotopic (exact) mass is 747 g/mol. The number of aliphatic hydroxyl groups excluding tert-OH is 2. The smallest absolute Gasteiger partial charge is 0.252 e. The lowest BCUT2D eigenvalue weighted by atomic mass is 9.85. The van der Waals surface area contributed by atoms with Crippen molar-refractivity contribution in [2.45, 2.75) is 49.3 Å². The molecule has 1 aliphatic heterocycles. The highest BCUT2D eigenvalue weighted by Gasteiger charge is 2.30. The van der Waals surface area contributed by atoms with E-state index in [9.17, 15) is 28.2 Å². The Morgan fingerprint density at radius 3 is 2.20 bits per heavy atom. The van der Waals surface area contributed by atoms with Gasteiger partial charge < -0.3 is 39.4 Å². The second-order valence-corrected chi connectivity index (χ2v) is 14.1. The Balaban J connectivity index is 1.24. The summed E-state index contributed by atoms with van der Waals surface area (Å²) in [5, 5.41) is 23.4. The molecule has 16 heteroatoms. The quantitative estimate of drug-likeness (QED) is 0.123. The Bertz CT molecular complexity index is 1450. The Hall–Kier alpha value is -2.21. The summed E-state index contributed by atoms with van der Waals surface area (Å²) in [4.78, 5) is 26.2. The van der Waals surface area contributed by atoms with Crippen molar-refractivity contribution in [3.63, 3.8) is 0 Å². The molecule has 0 saturated carbocycles. The van der Waals surface area contributed by atoms with Gasteiger partial charge in [-0.2, -0.15) is 0 Å². The fourth-order valence-corrected chi connectivity index (χ4v) is 6.78. The number of aliphatic hydroxyl groups is 2. The zero-order valence-electron chi connectivity index (χ0n) is 27.9. The third kappa shape index (κ3) is 13.5. The van der Waals surface area contributed by atoms with Gasteiger partial charge in [-0.05, 0) is 61.3 Å². The van der Waals surface area contributed by atoms with Crippen LogP contribution in [0.3, 0.4) is 0 Å². The first-order chi connectivity index (χ1) is 23.4. The summed E-state index contributed by atoms with van der Waals surface area (Å²) in [6, 6.07) is 10.5. The maximum Gasteiger partial charge on any atom is 0.252 e. The zero-order chi connectivity index (χ0) is 35.8. The van der Waals surface area contributed by atoms with Crippen LogP contribution in [0.25, 0.3) is 0 Å². The highest BCUT2D eigenvalue weighted by molar-refractivity contribution is 7.89. The number of nitrogens with zero attached hydrogens (tertiary/aromatic N) is 1. The van der Waals surface area contributed by atoms with Crippen LogP contribution in [0.1, 0.15) is 42.4 Å². The van der Waals surface area contributed by atoms with E-state index in [0.29, 0.717) is 36.2 Å². The topological polar surface area (TPSA) is 173 Å². The molecule has 49 heavy (non-hydrogen) atoms. The summed E-state index contributed by atoms with van der Waals surface area (Å²) < 4.78 is 49.5. The van der Waals surface area contributed by atoms with Crippen molar-refractivity contribution in [1.82, 2.24) is 14.9 Å². The molecule has 0 spiro atoms. The first-order valence-corrected chi connectivity index (χ1v) is 18.4. The summed E-state index contributed by atoms with van der Waals surface area (Å²) in [6.07, 6.45) is -3.27. The van der Waals surface area contributed by atoms with Gasteiger partial charge in [-0.1, -0.05) is 35.3 Å². The van der Waals surface area contributed by atoms with Crippen LogP contribution in [0.4, 0.5) is 0 Å². The summed E-state index contributed by atoms with van der Waals surface area (Å²) in [5.41, 5.74) is 3.04. The predicted molar refractivity (Wildman–Crippen MR) is 184 cm³/mol. The van der Waals surface area contributed by atoms with E-state index in [2.05, 4.69) is 14.9 Å². The van der Waals surface area contributed by atoms with Gasteiger partial charge in [-0.25, -0.2) is 13.1 Å². The van der Waals surface area contributed by atoms with Gasteiger partial charge in [0.25, 0.3) is 5.91 Å². The minimum atomic E-state index is -3.73. The van der Waals surface area contributed by atoms with E-state index >= 15 is 0 Å². The molecule has 2 aromatic rings. The number of likely N-dealkylation sites (N-methyl/N-ethyl adjacent to an activating group) is 1. The van der Waals surface area contributed by atoms with Crippen LogP contribution < -0.4 is 10.0 Å². The van der Waals surface area contributed by atoms with Crippen LogP contribution >= 0.6 is 23.2 Å².